The monoisotopic (exact) mass is 233 g/mol. The van der Waals surface area contributed by atoms with E-state index in [1.807, 2.05) is 0 Å². The predicted molar refractivity (Wildman–Crippen MR) is 52.2 cm³/mol. The molecule has 0 spiro atoms. The zero-order chi connectivity index (χ0) is 12.6. The van der Waals surface area contributed by atoms with Gasteiger partial charge in [0.05, 0.1) is 10.3 Å². The first kappa shape index (κ1) is 12.5. The summed E-state index contributed by atoms with van der Waals surface area (Å²) in [6.07, 6.45) is -4.39. The molecule has 0 aliphatic rings. The van der Waals surface area contributed by atoms with Crippen molar-refractivity contribution in [3.8, 4) is 0 Å². The first-order valence-electron chi connectivity index (χ1n) is 4.48. The second-order valence-corrected chi connectivity index (χ2v) is 3.93. The van der Waals surface area contributed by atoms with Gasteiger partial charge in [-0.2, -0.15) is 13.2 Å². The summed E-state index contributed by atoms with van der Waals surface area (Å²) in [5.41, 5.74) is -2.23. The Kier molecular flexibility index (Phi) is 2.94. The van der Waals surface area contributed by atoms with Gasteiger partial charge in [0.15, 0.2) is 0 Å². The highest BCUT2D eigenvalue weighted by Crippen LogP contribution is 2.40. The van der Waals surface area contributed by atoms with Crippen LogP contribution >= 0.6 is 0 Å². The Morgan fingerprint density at radius 1 is 1.12 bits per heavy atom. The van der Waals surface area contributed by atoms with E-state index in [1.54, 1.807) is 0 Å². The number of rotatable bonds is 2. The van der Waals surface area contributed by atoms with Crippen LogP contribution in [0.1, 0.15) is 19.4 Å². The summed E-state index contributed by atoms with van der Waals surface area (Å²) in [4.78, 5) is 9.69. The summed E-state index contributed by atoms with van der Waals surface area (Å²) in [7, 11) is 0. The maximum Gasteiger partial charge on any atom is 0.397 e. The molecule has 88 valence electrons. The summed E-state index contributed by atoms with van der Waals surface area (Å²) in [6, 6.07) is 4.41. The van der Waals surface area contributed by atoms with Gasteiger partial charge in [-0.05, 0) is 19.4 Å². The molecule has 0 bridgehead atoms. The van der Waals surface area contributed by atoms with Crippen molar-refractivity contribution in [2.45, 2.75) is 25.4 Å². The number of hydrogen-bond acceptors (Lipinski definition) is 2. The van der Waals surface area contributed by atoms with Crippen molar-refractivity contribution in [2.24, 2.45) is 0 Å². The van der Waals surface area contributed by atoms with E-state index in [0.717, 1.165) is 38.1 Å². The maximum absolute atomic E-state index is 12.6. The number of benzene rings is 1. The van der Waals surface area contributed by atoms with Gasteiger partial charge in [0, 0.05) is 12.1 Å². The fourth-order valence-corrected chi connectivity index (χ4v) is 1.16. The molecule has 3 nitrogen and oxygen atoms in total. The van der Waals surface area contributed by atoms with E-state index in [-0.39, 0.29) is 11.3 Å². The van der Waals surface area contributed by atoms with Gasteiger partial charge in [0.2, 0.25) is 0 Å². The Labute approximate surface area is 90.0 Å². The van der Waals surface area contributed by atoms with Crippen molar-refractivity contribution < 1.29 is 18.1 Å². The average Bonchev–Trinajstić information content (AvgIpc) is 2.16. The third-order valence-electron chi connectivity index (χ3n) is 2.51. The van der Waals surface area contributed by atoms with Crippen molar-refractivity contribution in [1.82, 2.24) is 0 Å². The standard InChI is InChI=1S/C10H10F3NO2/c1-9(2,10(11,12)13)7-3-5-8(6-4-7)14(15)16/h3-6H,1-2H3. The molecule has 0 N–H and O–H groups in total. The summed E-state index contributed by atoms with van der Waals surface area (Å²) in [5.74, 6) is 0. The second kappa shape index (κ2) is 3.77. The van der Waals surface area contributed by atoms with Crippen LogP contribution in [0.3, 0.4) is 0 Å². The zero-order valence-electron chi connectivity index (χ0n) is 8.71. The van der Waals surface area contributed by atoms with Gasteiger partial charge >= 0.3 is 6.18 Å². The first-order chi connectivity index (χ1) is 7.16. The molecular weight excluding hydrogens is 223 g/mol. The number of nitro benzene ring substituents is 1. The van der Waals surface area contributed by atoms with Crippen LogP contribution in [0, 0.1) is 10.1 Å². The minimum absolute atomic E-state index is 0.00519. The van der Waals surface area contributed by atoms with E-state index in [0.29, 0.717) is 0 Å². The van der Waals surface area contributed by atoms with E-state index < -0.39 is 16.5 Å². The van der Waals surface area contributed by atoms with Gasteiger partial charge in [-0.1, -0.05) is 12.1 Å². The predicted octanol–water partition coefficient (Wildman–Crippen LogP) is 3.43. The van der Waals surface area contributed by atoms with E-state index in [2.05, 4.69) is 0 Å². The molecule has 1 aromatic rings. The molecule has 0 radical (unpaired) electrons. The SMILES string of the molecule is CC(C)(c1ccc([N+](=O)[O-])cc1)C(F)(F)F. The number of halogens is 3. The number of hydrogen-bond donors (Lipinski definition) is 0. The van der Waals surface area contributed by atoms with Gasteiger partial charge < -0.3 is 0 Å². The molecule has 0 atom stereocenters. The highest BCUT2D eigenvalue weighted by atomic mass is 19.4. The zero-order valence-corrected chi connectivity index (χ0v) is 8.71. The van der Waals surface area contributed by atoms with Crippen molar-refractivity contribution in [3.63, 3.8) is 0 Å². The average molecular weight is 233 g/mol. The highest BCUT2D eigenvalue weighted by Gasteiger charge is 2.48. The molecular formula is C10H10F3NO2. The molecule has 0 saturated carbocycles. The molecule has 0 fully saturated rings. The summed E-state index contributed by atoms with van der Waals surface area (Å²) in [6.45, 7) is 2.07. The first-order valence-corrected chi connectivity index (χ1v) is 4.48. The maximum atomic E-state index is 12.6. The van der Waals surface area contributed by atoms with Crippen LogP contribution in [0.2, 0.25) is 0 Å². The Bertz CT molecular complexity index is 396. The fourth-order valence-electron chi connectivity index (χ4n) is 1.16. The molecule has 0 amide bonds. The second-order valence-electron chi connectivity index (χ2n) is 3.93. The molecule has 0 heterocycles. The lowest BCUT2D eigenvalue weighted by molar-refractivity contribution is -0.384. The van der Waals surface area contributed by atoms with Crippen LogP contribution in [0.25, 0.3) is 0 Å². The van der Waals surface area contributed by atoms with Crippen LogP contribution < -0.4 is 0 Å². The van der Waals surface area contributed by atoms with Crippen molar-refractivity contribution >= 4 is 5.69 Å². The van der Waals surface area contributed by atoms with Crippen LogP contribution in [0.15, 0.2) is 24.3 Å². The lowest BCUT2D eigenvalue weighted by Gasteiger charge is -2.27. The molecule has 0 aliphatic carbocycles. The highest BCUT2D eigenvalue weighted by molar-refractivity contribution is 5.36. The van der Waals surface area contributed by atoms with Crippen LogP contribution in [-0.4, -0.2) is 11.1 Å². The topological polar surface area (TPSA) is 43.1 Å². The van der Waals surface area contributed by atoms with Crippen LogP contribution in [0.4, 0.5) is 18.9 Å². The number of alkyl halides is 3. The largest absolute Gasteiger partial charge is 0.397 e. The van der Waals surface area contributed by atoms with E-state index in [4.69, 9.17) is 0 Å². The lowest BCUT2D eigenvalue weighted by Crippen LogP contribution is -2.36. The van der Waals surface area contributed by atoms with Gasteiger partial charge in [0.1, 0.15) is 0 Å². The smallest absolute Gasteiger partial charge is 0.258 e. The Balaban J connectivity index is 3.11. The third-order valence-corrected chi connectivity index (χ3v) is 2.51. The summed E-state index contributed by atoms with van der Waals surface area (Å²) in [5, 5.41) is 10.3. The molecule has 1 aromatic carbocycles. The molecule has 0 unspecified atom stereocenters. The van der Waals surface area contributed by atoms with E-state index >= 15 is 0 Å². The normalized spacial score (nSPS) is 12.6. The number of nitrogens with zero attached hydrogens (tertiary/aromatic N) is 1. The van der Waals surface area contributed by atoms with Gasteiger partial charge in [-0.3, -0.25) is 10.1 Å². The van der Waals surface area contributed by atoms with Gasteiger partial charge in [0.25, 0.3) is 5.69 Å². The van der Waals surface area contributed by atoms with E-state index in [1.165, 1.54) is 0 Å². The van der Waals surface area contributed by atoms with Crippen molar-refractivity contribution in [1.29, 1.82) is 0 Å². The van der Waals surface area contributed by atoms with Gasteiger partial charge in [-0.25, -0.2) is 0 Å². The summed E-state index contributed by atoms with van der Waals surface area (Å²) >= 11 is 0. The van der Waals surface area contributed by atoms with Crippen molar-refractivity contribution in [2.75, 3.05) is 0 Å². The van der Waals surface area contributed by atoms with Crippen LogP contribution in [0.5, 0.6) is 0 Å². The summed E-state index contributed by atoms with van der Waals surface area (Å²) < 4.78 is 37.9. The lowest BCUT2D eigenvalue weighted by atomic mass is 9.84. The van der Waals surface area contributed by atoms with E-state index in [9.17, 15) is 23.3 Å². The fraction of sp³-hybridized carbons (Fsp3) is 0.400. The molecule has 16 heavy (non-hydrogen) atoms. The number of nitro groups is 1. The third kappa shape index (κ3) is 2.15. The van der Waals surface area contributed by atoms with Gasteiger partial charge in [-0.15, -0.1) is 0 Å². The van der Waals surface area contributed by atoms with Crippen molar-refractivity contribution in [3.05, 3.63) is 39.9 Å². The quantitative estimate of drug-likeness (QED) is 0.580. The molecule has 0 aromatic heterocycles. The minimum Gasteiger partial charge on any atom is -0.258 e. The molecule has 6 heteroatoms. The molecule has 0 aliphatic heterocycles. The number of non-ortho nitro benzene ring substituents is 1. The van der Waals surface area contributed by atoms with Crippen LogP contribution in [-0.2, 0) is 5.41 Å². The molecule has 0 saturated heterocycles. The Hall–Kier alpha value is -1.59. The minimum atomic E-state index is -4.39. The Morgan fingerprint density at radius 3 is 1.88 bits per heavy atom. The molecule has 1 rings (SSSR count). The Morgan fingerprint density at radius 2 is 1.56 bits per heavy atom.